The first kappa shape index (κ1) is 14.5. The van der Waals surface area contributed by atoms with Crippen LogP contribution in [0.15, 0.2) is 4.52 Å². The van der Waals surface area contributed by atoms with E-state index in [1.807, 2.05) is 13.8 Å². The second-order valence-electron chi connectivity index (χ2n) is 5.99. The maximum Gasteiger partial charge on any atom is 0.138 e. The molecule has 1 atom stereocenters. The Bertz CT molecular complexity index is 381. The number of rotatable bonds is 5. The van der Waals surface area contributed by atoms with Crippen molar-refractivity contribution in [1.29, 1.82) is 0 Å². The van der Waals surface area contributed by atoms with Crippen LogP contribution >= 0.6 is 0 Å². The highest BCUT2D eigenvalue weighted by Gasteiger charge is 2.24. The van der Waals surface area contributed by atoms with Gasteiger partial charge in [-0.25, -0.2) is 0 Å². The molecule has 4 heteroatoms. The molecule has 1 unspecified atom stereocenters. The Morgan fingerprint density at radius 1 is 1.37 bits per heavy atom. The summed E-state index contributed by atoms with van der Waals surface area (Å²) in [5.74, 6) is 0.971. The molecule has 1 aliphatic heterocycles. The molecular formula is C15H27N3O. The van der Waals surface area contributed by atoms with Gasteiger partial charge in [-0.1, -0.05) is 25.4 Å². The monoisotopic (exact) mass is 265 g/mol. The standard InChI is InChI=1S/C15H27N3O/c1-11(2)16-9-14-7-5-6-8-18(14)10-15-12(3)17-19-13(15)4/h11,14,16H,5-10H2,1-4H3. The number of hydrogen-bond acceptors (Lipinski definition) is 4. The van der Waals surface area contributed by atoms with E-state index in [0.717, 1.165) is 24.5 Å². The summed E-state index contributed by atoms with van der Waals surface area (Å²) in [6.45, 7) is 11.7. The molecule has 108 valence electrons. The average molecular weight is 265 g/mol. The molecule has 0 bridgehead atoms. The average Bonchev–Trinajstić information content (AvgIpc) is 2.69. The molecule has 1 N–H and O–H groups in total. The highest BCUT2D eigenvalue weighted by Crippen LogP contribution is 2.22. The Labute approximate surface area is 116 Å². The smallest absolute Gasteiger partial charge is 0.138 e. The summed E-state index contributed by atoms with van der Waals surface area (Å²) in [4.78, 5) is 2.59. The molecule has 2 heterocycles. The Hall–Kier alpha value is -0.870. The molecule has 0 aromatic carbocycles. The molecule has 0 radical (unpaired) electrons. The van der Waals surface area contributed by atoms with Crippen LogP contribution in [-0.2, 0) is 6.54 Å². The fraction of sp³-hybridized carbons (Fsp3) is 0.800. The molecular weight excluding hydrogens is 238 g/mol. The first-order valence-corrected chi connectivity index (χ1v) is 7.47. The zero-order chi connectivity index (χ0) is 13.8. The van der Waals surface area contributed by atoms with Crippen molar-refractivity contribution in [2.75, 3.05) is 13.1 Å². The van der Waals surface area contributed by atoms with Crippen molar-refractivity contribution in [2.24, 2.45) is 0 Å². The lowest BCUT2D eigenvalue weighted by Gasteiger charge is -2.36. The summed E-state index contributed by atoms with van der Waals surface area (Å²) in [6, 6.07) is 1.20. The van der Waals surface area contributed by atoms with E-state index in [1.54, 1.807) is 0 Å². The third-order valence-corrected chi connectivity index (χ3v) is 4.05. The number of hydrogen-bond donors (Lipinski definition) is 1. The van der Waals surface area contributed by atoms with Crippen LogP contribution in [0.2, 0.25) is 0 Å². The van der Waals surface area contributed by atoms with Gasteiger partial charge in [0.25, 0.3) is 0 Å². The van der Waals surface area contributed by atoms with Crippen LogP contribution in [0.4, 0.5) is 0 Å². The van der Waals surface area contributed by atoms with Gasteiger partial charge in [-0.3, -0.25) is 4.90 Å². The van der Waals surface area contributed by atoms with Crippen molar-refractivity contribution in [2.45, 2.75) is 65.6 Å². The second kappa shape index (κ2) is 6.53. The van der Waals surface area contributed by atoms with E-state index in [1.165, 1.54) is 31.4 Å². The van der Waals surface area contributed by atoms with Crippen LogP contribution < -0.4 is 5.32 Å². The number of aryl methyl sites for hydroxylation is 2. The Balaban J connectivity index is 1.99. The van der Waals surface area contributed by atoms with Gasteiger partial charge in [0.05, 0.1) is 5.69 Å². The molecule has 4 nitrogen and oxygen atoms in total. The second-order valence-corrected chi connectivity index (χ2v) is 5.99. The highest BCUT2D eigenvalue weighted by molar-refractivity contribution is 5.20. The largest absolute Gasteiger partial charge is 0.361 e. The minimum atomic E-state index is 0.558. The maximum absolute atomic E-state index is 5.28. The molecule has 1 aromatic rings. The minimum Gasteiger partial charge on any atom is -0.361 e. The van der Waals surface area contributed by atoms with Crippen LogP contribution in [0.1, 0.15) is 50.1 Å². The third-order valence-electron chi connectivity index (χ3n) is 4.05. The third kappa shape index (κ3) is 3.80. The van der Waals surface area contributed by atoms with E-state index in [4.69, 9.17) is 4.52 Å². The van der Waals surface area contributed by atoms with Gasteiger partial charge in [0.15, 0.2) is 0 Å². The number of likely N-dealkylation sites (tertiary alicyclic amines) is 1. The van der Waals surface area contributed by atoms with Crippen LogP contribution in [0.3, 0.4) is 0 Å². The number of nitrogens with one attached hydrogen (secondary N) is 1. The first-order valence-electron chi connectivity index (χ1n) is 7.47. The van der Waals surface area contributed by atoms with E-state index in [-0.39, 0.29) is 0 Å². The summed E-state index contributed by atoms with van der Waals surface area (Å²) in [7, 11) is 0. The summed E-state index contributed by atoms with van der Waals surface area (Å²) >= 11 is 0. The van der Waals surface area contributed by atoms with Crippen molar-refractivity contribution in [3.8, 4) is 0 Å². The van der Waals surface area contributed by atoms with Crippen LogP contribution in [0, 0.1) is 13.8 Å². The van der Waals surface area contributed by atoms with Gasteiger partial charge >= 0.3 is 0 Å². The van der Waals surface area contributed by atoms with E-state index in [0.29, 0.717) is 12.1 Å². The molecule has 1 fully saturated rings. The number of piperidine rings is 1. The molecule has 0 spiro atoms. The Morgan fingerprint density at radius 3 is 2.79 bits per heavy atom. The summed E-state index contributed by atoms with van der Waals surface area (Å²) in [6.07, 6.45) is 3.95. The molecule has 1 aliphatic rings. The SMILES string of the molecule is Cc1noc(C)c1CN1CCCCC1CNC(C)C. The van der Waals surface area contributed by atoms with Gasteiger partial charge in [0.2, 0.25) is 0 Å². The van der Waals surface area contributed by atoms with Gasteiger partial charge < -0.3 is 9.84 Å². The Morgan fingerprint density at radius 2 is 2.16 bits per heavy atom. The van der Waals surface area contributed by atoms with Gasteiger partial charge in [0, 0.05) is 30.7 Å². The molecule has 19 heavy (non-hydrogen) atoms. The summed E-state index contributed by atoms with van der Waals surface area (Å²) < 4.78 is 5.28. The quantitative estimate of drug-likeness (QED) is 0.888. The first-order chi connectivity index (χ1) is 9.08. The lowest BCUT2D eigenvalue weighted by atomic mass is 10.0. The normalized spacial score (nSPS) is 21.2. The molecule has 1 saturated heterocycles. The lowest BCUT2D eigenvalue weighted by molar-refractivity contribution is 0.135. The fourth-order valence-electron chi connectivity index (χ4n) is 2.80. The topological polar surface area (TPSA) is 41.3 Å². The van der Waals surface area contributed by atoms with Crippen molar-refractivity contribution in [1.82, 2.24) is 15.4 Å². The van der Waals surface area contributed by atoms with Crippen molar-refractivity contribution < 1.29 is 4.52 Å². The van der Waals surface area contributed by atoms with E-state index in [2.05, 4.69) is 29.2 Å². The predicted octanol–water partition coefficient (Wildman–Crippen LogP) is 2.64. The van der Waals surface area contributed by atoms with Crippen molar-refractivity contribution >= 4 is 0 Å². The zero-order valence-corrected chi connectivity index (χ0v) is 12.7. The van der Waals surface area contributed by atoms with Gasteiger partial charge in [0.1, 0.15) is 5.76 Å². The van der Waals surface area contributed by atoms with Crippen LogP contribution in [0.5, 0.6) is 0 Å². The van der Waals surface area contributed by atoms with Crippen LogP contribution in [-0.4, -0.2) is 35.2 Å². The molecule has 0 amide bonds. The van der Waals surface area contributed by atoms with Gasteiger partial charge in [-0.2, -0.15) is 0 Å². The Kier molecular flexibility index (Phi) is 4.99. The predicted molar refractivity (Wildman–Crippen MR) is 77.2 cm³/mol. The maximum atomic E-state index is 5.28. The molecule has 0 aliphatic carbocycles. The fourth-order valence-corrected chi connectivity index (χ4v) is 2.80. The summed E-state index contributed by atoms with van der Waals surface area (Å²) in [5, 5.41) is 7.64. The molecule has 2 rings (SSSR count). The molecule has 0 saturated carbocycles. The zero-order valence-electron chi connectivity index (χ0n) is 12.7. The minimum absolute atomic E-state index is 0.558. The van der Waals surface area contributed by atoms with Gasteiger partial charge in [-0.15, -0.1) is 0 Å². The van der Waals surface area contributed by atoms with Crippen molar-refractivity contribution in [3.05, 3.63) is 17.0 Å². The number of aromatic nitrogens is 1. The van der Waals surface area contributed by atoms with E-state index >= 15 is 0 Å². The number of nitrogens with zero attached hydrogens (tertiary/aromatic N) is 2. The van der Waals surface area contributed by atoms with Crippen LogP contribution in [0.25, 0.3) is 0 Å². The lowest BCUT2D eigenvalue weighted by Crippen LogP contribution is -2.46. The van der Waals surface area contributed by atoms with E-state index in [9.17, 15) is 0 Å². The highest BCUT2D eigenvalue weighted by atomic mass is 16.5. The van der Waals surface area contributed by atoms with E-state index < -0.39 is 0 Å². The van der Waals surface area contributed by atoms with Crippen molar-refractivity contribution in [3.63, 3.8) is 0 Å². The van der Waals surface area contributed by atoms with Gasteiger partial charge in [-0.05, 0) is 33.2 Å². The molecule has 1 aromatic heterocycles. The summed E-state index contributed by atoms with van der Waals surface area (Å²) in [5.41, 5.74) is 2.31.